The van der Waals surface area contributed by atoms with Crippen LogP contribution in [0.4, 0.5) is 5.82 Å². The van der Waals surface area contributed by atoms with Gasteiger partial charge in [-0.1, -0.05) is 6.07 Å². The Balaban J connectivity index is 1.87. The SMILES string of the molecule is COc1ccc(CNc2nc(=S)[nH]c3nc(C)[nH]c23)cc1Br. The Labute approximate surface area is 140 Å². The molecule has 8 heteroatoms. The molecule has 3 N–H and O–H groups in total. The van der Waals surface area contributed by atoms with Crippen molar-refractivity contribution in [1.82, 2.24) is 19.9 Å². The van der Waals surface area contributed by atoms with Gasteiger partial charge in [0.15, 0.2) is 11.5 Å². The minimum atomic E-state index is 0.400. The fourth-order valence-corrected chi connectivity index (χ4v) is 2.95. The van der Waals surface area contributed by atoms with E-state index in [2.05, 4.69) is 41.2 Å². The van der Waals surface area contributed by atoms with Gasteiger partial charge >= 0.3 is 0 Å². The zero-order chi connectivity index (χ0) is 15.7. The van der Waals surface area contributed by atoms with Gasteiger partial charge in [0.2, 0.25) is 4.77 Å². The van der Waals surface area contributed by atoms with Gasteiger partial charge in [-0.05, 0) is 52.8 Å². The normalized spacial score (nSPS) is 10.9. The van der Waals surface area contributed by atoms with Crippen molar-refractivity contribution >= 4 is 45.1 Å². The van der Waals surface area contributed by atoms with Gasteiger partial charge in [0, 0.05) is 6.54 Å². The van der Waals surface area contributed by atoms with E-state index in [9.17, 15) is 0 Å². The molecule has 0 aliphatic rings. The minimum Gasteiger partial charge on any atom is -0.496 e. The van der Waals surface area contributed by atoms with Gasteiger partial charge in [-0.25, -0.2) is 9.97 Å². The fraction of sp³-hybridized carbons (Fsp3) is 0.214. The van der Waals surface area contributed by atoms with E-state index in [-0.39, 0.29) is 0 Å². The van der Waals surface area contributed by atoms with Crippen molar-refractivity contribution in [2.45, 2.75) is 13.5 Å². The first-order chi connectivity index (χ1) is 10.6. The van der Waals surface area contributed by atoms with Crippen LogP contribution in [-0.2, 0) is 6.54 Å². The third-order valence-corrected chi connectivity index (χ3v) is 3.99. The van der Waals surface area contributed by atoms with Gasteiger partial charge in [-0.3, -0.25) is 0 Å². The molecule has 114 valence electrons. The maximum absolute atomic E-state index is 5.23. The van der Waals surface area contributed by atoms with E-state index in [1.165, 1.54) is 0 Å². The first-order valence-electron chi connectivity index (χ1n) is 6.60. The van der Waals surface area contributed by atoms with Crippen LogP contribution in [0.25, 0.3) is 11.2 Å². The summed E-state index contributed by atoms with van der Waals surface area (Å²) in [5.41, 5.74) is 2.62. The molecule has 0 radical (unpaired) electrons. The van der Waals surface area contributed by atoms with Gasteiger partial charge in [0.05, 0.1) is 11.6 Å². The zero-order valence-electron chi connectivity index (χ0n) is 12.0. The Kier molecular flexibility index (Phi) is 4.12. The third kappa shape index (κ3) is 2.97. The van der Waals surface area contributed by atoms with Crippen LogP contribution in [-0.4, -0.2) is 27.0 Å². The number of aromatic amines is 2. The molecular weight excluding hydrogens is 366 g/mol. The van der Waals surface area contributed by atoms with E-state index in [1.807, 2.05) is 25.1 Å². The lowest BCUT2D eigenvalue weighted by atomic mass is 10.2. The molecule has 22 heavy (non-hydrogen) atoms. The molecule has 0 saturated heterocycles. The second kappa shape index (κ2) is 6.05. The number of imidazole rings is 1. The molecule has 0 atom stereocenters. The summed E-state index contributed by atoms with van der Waals surface area (Å²) in [6.45, 7) is 2.50. The van der Waals surface area contributed by atoms with E-state index in [1.54, 1.807) is 7.11 Å². The lowest BCUT2D eigenvalue weighted by Crippen LogP contribution is -2.03. The highest BCUT2D eigenvalue weighted by Crippen LogP contribution is 2.26. The van der Waals surface area contributed by atoms with Crippen molar-refractivity contribution in [1.29, 1.82) is 0 Å². The first kappa shape index (κ1) is 15.0. The highest BCUT2D eigenvalue weighted by atomic mass is 79.9. The van der Waals surface area contributed by atoms with Crippen LogP contribution in [0, 0.1) is 11.7 Å². The lowest BCUT2D eigenvalue weighted by Gasteiger charge is -2.09. The van der Waals surface area contributed by atoms with Gasteiger partial charge in [0.25, 0.3) is 0 Å². The molecule has 0 aliphatic heterocycles. The fourth-order valence-electron chi connectivity index (χ4n) is 2.17. The van der Waals surface area contributed by atoms with Crippen molar-refractivity contribution in [3.05, 3.63) is 38.8 Å². The summed E-state index contributed by atoms with van der Waals surface area (Å²) in [5.74, 6) is 2.30. The second-order valence-electron chi connectivity index (χ2n) is 4.76. The predicted molar refractivity (Wildman–Crippen MR) is 91.8 cm³/mol. The Morgan fingerprint density at radius 3 is 2.86 bits per heavy atom. The molecule has 3 aromatic rings. The van der Waals surface area contributed by atoms with Crippen LogP contribution in [0.1, 0.15) is 11.4 Å². The number of benzene rings is 1. The highest BCUT2D eigenvalue weighted by Gasteiger charge is 2.08. The van der Waals surface area contributed by atoms with Crippen molar-refractivity contribution < 1.29 is 4.74 Å². The number of aryl methyl sites for hydroxylation is 1. The monoisotopic (exact) mass is 379 g/mol. The molecule has 6 nitrogen and oxygen atoms in total. The number of anilines is 1. The van der Waals surface area contributed by atoms with Crippen molar-refractivity contribution in [2.24, 2.45) is 0 Å². The summed E-state index contributed by atoms with van der Waals surface area (Å²) < 4.78 is 6.54. The molecule has 0 fully saturated rings. The number of fused-ring (bicyclic) bond motifs is 1. The van der Waals surface area contributed by atoms with E-state index in [4.69, 9.17) is 17.0 Å². The largest absolute Gasteiger partial charge is 0.496 e. The van der Waals surface area contributed by atoms with Gasteiger partial charge in [-0.15, -0.1) is 0 Å². The molecule has 0 bridgehead atoms. The van der Waals surface area contributed by atoms with Crippen LogP contribution in [0.2, 0.25) is 0 Å². The van der Waals surface area contributed by atoms with Gasteiger partial charge in [-0.2, -0.15) is 0 Å². The van der Waals surface area contributed by atoms with Crippen LogP contribution < -0.4 is 10.1 Å². The quantitative estimate of drug-likeness (QED) is 0.602. The minimum absolute atomic E-state index is 0.400. The average molecular weight is 380 g/mol. The average Bonchev–Trinajstić information content (AvgIpc) is 2.85. The molecule has 3 rings (SSSR count). The summed E-state index contributed by atoms with van der Waals surface area (Å²) in [6.07, 6.45) is 0. The predicted octanol–water partition coefficient (Wildman–Crippen LogP) is 3.71. The number of hydrogen-bond donors (Lipinski definition) is 3. The number of halogens is 1. The topological polar surface area (TPSA) is 78.6 Å². The maximum atomic E-state index is 5.23. The summed E-state index contributed by atoms with van der Waals surface area (Å²) in [6, 6.07) is 5.92. The highest BCUT2D eigenvalue weighted by molar-refractivity contribution is 9.10. The van der Waals surface area contributed by atoms with Crippen molar-refractivity contribution in [2.75, 3.05) is 12.4 Å². The molecule has 2 heterocycles. The molecule has 0 amide bonds. The van der Waals surface area contributed by atoms with Crippen LogP contribution >= 0.6 is 28.1 Å². The number of H-pyrrole nitrogens is 2. The number of methoxy groups -OCH3 is 1. The Bertz CT molecular complexity index is 889. The van der Waals surface area contributed by atoms with Crippen molar-refractivity contribution in [3.8, 4) is 5.75 Å². The molecule has 0 aliphatic carbocycles. The number of nitrogens with one attached hydrogen (secondary N) is 3. The van der Waals surface area contributed by atoms with Gasteiger partial charge in [0.1, 0.15) is 17.1 Å². The summed E-state index contributed by atoms with van der Waals surface area (Å²) in [5, 5.41) is 3.29. The van der Waals surface area contributed by atoms with E-state index < -0.39 is 0 Å². The number of ether oxygens (including phenoxy) is 1. The molecule has 2 aromatic heterocycles. The van der Waals surface area contributed by atoms with Crippen LogP contribution in [0.3, 0.4) is 0 Å². The van der Waals surface area contributed by atoms with E-state index in [0.717, 1.165) is 27.1 Å². The number of rotatable bonds is 4. The van der Waals surface area contributed by atoms with Crippen LogP contribution in [0.15, 0.2) is 22.7 Å². The lowest BCUT2D eigenvalue weighted by molar-refractivity contribution is 0.412. The molecule has 1 aromatic carbocycles. The number of hydrogen-bond acceptors (Lipinski definition) is 5. The Morgan fingerprint density at radius 2 is 2.14 bits per heavy atom. The van der Waals surface area contributed by atoms with Crippen LogP contribution in [0.5, 0.6) is 5.75 Å². The zero-order valence-corrected chi connectivity index (χ0v) is 14.4. The number of aromatic nitrogens is 4. The summed E-state index contributed by atoms with van der Waals surface area (Å²) in [7, 11) is 1.64. The Morgan fingerprint density at radius 1 is 1.32 bits per heavy atom. The number of nitrogens with zero attached hydrogens (tertiary/aromatic N) is 2. The summed E-state index contributed by atoms with van der Waals surface area (Å²) in [4.78, 5) is 14.8. The summed E-state index contributed by atoms with van der Waals surface area (Å²) >= 11 is 8.62. The smallest absolute Gasteiger partial charge is 0.200 e. The second-order valence-corrected chi connectivity index (χ2v) is 6.00. The molecular formula is C14H14BrN5OS. The standard InChI is InChI=1S/C14H14BrN5OS/c1-7-17-11-12(19-14(22)20-13(11)18-7)16-6-8-3-4-10(21-2)9(15)5-8/h3-5H,6H2,1-2H3,(H3,16,17,18,19,20,22). The molecule has 0 unspecified atom stereocenters. The van der Waals surface area contributed by atoms with Crippen molar-refractivity contribution in [3.63, 3.8) is 0 Å². The molecule has 0 spiro atoms. The van der Waals surface area contributed by atoms with Gasteiger partial charge < -0.3 is 20.0 Å². The Hall–Kier alpha value is -1.93. The first-order valence-corrected chi connectivity index (χ1v) is 7.80. The van der Waals surface area contributed by atoms with E-state index in [0.29, 0.717) is 22.8 Å². The van der Waals surface area contributed by atoms with E-state index >= 15 is 0 Å². The third-order valence-electron chi connectivity index (χ3n) is 3.17. The maximum Gasteiger partial charge on any atom is 0.200 e. The molecule has 0 saturated carbocycles.